The number of carbonyl (C=O) groups excluding carboxylic acids is 2. The predicted octanol–water partition coefficient (Wildman–Crippen LogP) is 0.229. The second kappa shape index (κ2) is 6.13. The van der Waals surface area contributed by atoms with E-state index in [1.54, 1.807) is 13.8 Å². The van der Waals surface area contributed by atoms with Crippen LogP contribution in [0.3, 0.4) is 0 Å². The number of carbonyl (C=O) groups is 2. The van der Waals surface area contributed by atoms with Crippen LogP contribution in [0.1, 0.15) is 16.7 Å². The Morgan fingerprint density at radius 2 is 1.80 bits per heavy atom. The standard InChI is InChI=1S/C6H10O3.Ca.2H/c1-4(2)5(7)6(8)9-3;;;/h4H,1-3H3;;;/q;+2;2*-1. The van der Waals surface area contributed by atoms with Crippen LogP contribution in [0.25, 0.3) is 0 Å². The van der Waals surface area contributed by atoms with E-state index in [9.17, 15) is 9.59 Å². The minimum Gasteiger partial charge on any atom is -1.00 e. The second-order valence-corrected chi connectivity index (χ2v) is 2.01. The van der Waals surface area contributed by atoms with Crippen LogP contribution in [0.2, 0.25) is 0 Å². The Labute approximate surface area is 93.1 Å². The Hall–Kier alpha value is 0.400. The number of hydrogen-bond acceptors (Lipinski definition) is 3. The van der Waals surface area contributed by atoms with Crippen molar-refractivity contribution in [3.63, 3.8) is 0 Å². The molecule has 0 N–H and O–H groups in total. The van der Waals surface area contributed by atoms with Gasteiger partial charge in [0.15, 0.2) is 0 Å². The van der Waals surface area contributed by atoms with Crippen molar-refractivity contribution >= 4 is 49.5 Å². The van der Waals surface area contributed by atoms with Gasteiger partial charge in [-0.05, 0) is 0 Å². The van der Waals surface area contributed by atoms with E-state index in [1.165, 1.54) is 7.11 Å². The Morgan fingerprint density at radius 3 is 1.90 bits per heavy atom. The molecule has 0 aromatic rings. The van der Waals surface area contributed by atoms with Crippen LogP contribution >= 0.6 is 0 Å². The van der Waals surface area contributed by atoms with E-state index in [4.69, 9.17) is 0 Å². The summed E-state index contributed by atoms with van der Waals surface area (Å²) < 4.78 is 4.18. The SMILES string of the molecule is COC(=O)C(=O)C(C)C.[Ca+2].[H-].[H-]. The van der Waals surface area contributed by atoms with E-state index in [-0.39, 0.29) is 46.5 Å². The van der Waals surface area contributed by atoms with Crippen LogP contribution < -0.4 is 0 Å². The van der Waals surface area contributed by atoms with Gasteiger partial charge in [-0.2, -0.15) is 0 Å². The summed E-state index contributed by atoms with van der Waals surface area (Å²) in [4.78, 5) is 21.0. The van der Waals surface area contributed by atoms with Crippen LogP contribution in [0.15, 0.2) is 0 Å². The van der Waals surface area contributed by atoms with E-state index in [0.717, 1.165) is 0 Å². The molecule has 0 aromatic heterocycles. The first kappa shape index (κ1) is 13.0. The molecule has 0 aliphatic rings. The first-order valence-corrected chi connectivity index (χ1v) is 2.71. The number of methoxy groups -OCH3 is 1. The molecular weight excluding hydrogens is 160 g/mol. The summed E-state index contributed by atoms with van der Waals surface area (Å²) in [7, 11) is 1.20. The van der Waals surface area contributed by atoms with Gasteiger partial charge in [-0.3, -0.25) is 4.79 Å². The van der Waals surface area contributed by atoms with Crippen molar-refractivity contribution in [1.29, 1.82) is 0 Å². The van der Waals surface area contributed by atoms with Gasteiger partial charge in [0.25, 0.3) is 0 Å². The summed E-state index contributed by atoms with van der Waals surface area (Å²) in [6, 6.07) is 0. The maximum Gasteiger partial charge on any atom is 2.00 e. The average molecular weight is 172 g/mol. The summed E-state index contributed by atoms with van der Waals surface area (Å²) in [6.07, 6.45) is 0. The predicted molar refractivity (Wildman–Crippen MR) is 39.8 cm³/mol. The molecule has 0 bridgehead atoms. The summed E-state index contributed by atoms with van der Waals surface area (Å²) in [5, 5.41) is 0. The van der Waals surface area contributed by atoms with Crippen molar-refractivity contribution in [3.8, 4) is 0 Å². The van der Waals surface area contributed by atoms with Crippen molar-refractivity contribution in [2.75, 3.05) is 7.11 Å². The van der Waals surface area contributed by atoms with Gasteiger partial charge in [0.1, 0.15) is 0 Å². The van der Waals surface area contributed by atoms with E-state index < -0.39 is 11.8 Å². The van der Waals surface area contributed by atoms with Crippen LogP contribution in [0, 0.1) is 5.92 Å². The van der Waals surface area contributed by atoms with Gasteiger partial charge in [-0.25, -0.2) is 4.79 Å². The van der Waals surface area contributed by atoms with Crippen molar-refractivity contribution in [1.82, 2.24) is 0 Å². The monoisotopic (exact) mass is 172 g/mol. The van der Waals surface area contributed by atoms with Crippen LogP contribution in [-0.4, -0.2) is 56.6 Å². The van der Waals surface area contributed by atoms with Gasteiger partial charge >= 0.3 is 43.7 Å². The second-order valence-electron chi connectivity index (χ2n) is 2.01. The largest absolute Gasteiger partial charge is 2.00 e. The maximum atomic E-state index is 10.6. The third kappa shape index (κ3) is 4.25. The summed E-state index contributed by atoms with van der Waals surface area (Å²) >= 11 is 0. The molecule has 10 heavy (non-hydrogen) atoms. The molecule has 0 rings (SSSR count). The molecule has 0 fully saturated rings. The molecule has 0 amide bonds. The fraction of sp³-hybridized carbons (Fsp3) is 0.667. The summed E-state index contributed by atoms with van der Waals surface area (Å²) in [5.41, 5.74) is 0. The zero-order valence-corrected chi connectivity index (χ0v) is 8.72. The molecule has 0 saturated carbocycles. The van der Waals surface area contributed by atoms with Crippen molar-refractivity contribution in [2.45, 2.75) is 13.8 Å². The van der Waals surface area contributed by atoms with E-state index >= 15 is 0 Å². The average Bonchev–Trinajstić information content (AvgIpc) is 1.84. The van der Waals surface area contributed by atoms with Gasteiger partial charge < -0.3 is 7.59 Å². The zero-order valence-electron chi connectivity index (χ0n) is 8.51. The Balaban J connectivity index is -0.000000107. The van der Waals surface area contributed by atoms with Gasteiger partial charge in [0.2, 0.25) is 5.78 Å². The molecule has 0 saturated heterocycles. The molecule has 0 unspecified atom stereocenters. The van der Waals surface area contributed by atoms with Gasteiger partial charge in [-0.1, -0.05) is 13.8 Å². The molecule has 0 aliphatic heterocycles. The summed E-state index contributed by atoms with van der Waals surface area (Å²) in [6.45, 7) is 3.30. The number of ether oxygens (including phenoxy) is 1. The smallest absolute Gasteiger partial charge is 1.00 e. The van der Waals surface area contributed by atoms with Crippen molar-refractivity contribution < 1.29 is 17.2 Å². The Bertz CT molecular complexity index is 139. The number of hydrogen-bond donors (Lipinski definition) is 0. The molecule has 0 heterocycles. The molecule has 56 valence electrons. The van der Waals surface area contributed by atoms with Crippen LogP contribution in [-0.2, 0) is 14.3 Å². The molecule has 0 spiro atoms. The van der Waals surface area contributed by atoms with Gasteiger partial charge in [-0.15, -0.1) is 0 Å². The topological polar surface area (TPSA) is 43.4 Å². The van der Waals surface area contributed by atoms with Crippen LogP contribution in [0.5, 0.6) is 0 Å². The van der Waals surface area contributed by atoms with Crippen molar-refractivity contribution in [3.05, 3.63) is 0 Å². The number of Topliss-reactive ketones (excluding diaryl/α,β-unsaturated/α-hetero) is 1. The minimum absolute atomic E-state index is 0. The number of ketones is 1. The van der Waals surface area contributed by atoms with E-state index in [2.05, 4.69) is 4.74 Å². The first-order chi connectivity index (χ1) is 4.09. The quantitative estimate of drug-likeness (QED) is 0.340. The van der Waals surface area contributed by atoms with E-state index in [1.807, 2.05) is 0 Å². The first-order valence-electron chi connectivity index (χ1n) is 2.71. The maximum absolute atomic E-state index is 10.6. The molecular formula is C6H12CaO3. The fourth-order valence-electron chi connectivity index (χ4n) is 0.336. The third-order valence-electron chi connectivity index (χ3n) is 0.911. The fourth-order valence-corrected chi connectivity index (χ4v) is 0.336. The number of rotatable bonds is 2. The molecule has 0 atom stereocenters. The minimum atomic E-state index is -0.759. The molecule has 0 aromatic carbocycles. The number of esters is 1. The van der Waals surface area contributed by atoms with Gasteiger partial charge in [0, 0.05) is 5.92 Å². The summed E-state index contributed by atoms with van der Waals surface area (Å²) in [5.74, 6) is -1.50. The van der Waals surface area contributed by atoms with Gasteiger partial charge in [0.05, 0.1) is 7.11 Å². The van der Waals surface area contributed by atoms with Crippen molar-refractivity contribution in [2.24, 2.45) is 5.92 Å². The Kier molecular flexibility index (Phi) is 7.99. The third-order valence-corrected chi connectivity index (χ3v) is 0.911. The molecule has 4 heteroatoms. The normalized spacial score (nSPS) is 8.40. The Morgan fingerprint density at radius 1 is 1.40 bits per heavy atom. The molecule has 0 radical (unpaired) electrons. The van der Waals surface area contributed by atoms with E-state index in [0.29, 0.717) is 0 Å². The van der Waals surface area contributed by atoms with Crippen LogP contribution in [0.4, 0.5) is 0 Å². The molecule has 0 aliphatic carbocycles. The molecule has 3 nitrogen and oxygen atoms in total. The zero-order chi connectivity index (χ0) is 7.44.